The third-order valence-electron chi connectivity index (χ3n) is 4.69. The van der Waals surface area contributed by atoms with E-state index in [1.165, 1.54) is 51.5 Å². The van der Waals surface area contributed by atoms with Gasteiger partial charge in [0, 0.05) is 12.6 Å². The van der Waals surface area contributed by atoms with Crippen molar-refractivity contribution < 1.29 is 0 Å². The Labute approximate surface area is 127 Å². The molecule has 1 saturated carbocycles. The van der Waals surface area contributed by atoms with E-state index in [0.717, 1.165) is 30.8 Å². The minimum atomic E-state index is 0.603. The average Bonchev–Trinajstić information content (AvgIpc) is 2.43. The third kappa shape index (κ3) is 8.26. The van der Waals surface area contributed by atoms with Gasteiger partial charge in [-0.25, -0.2) is 0 Å². The number of hydrogen-bond donors (Lipinski definition) is 2. The van der Waals surface area contributed by atoms with E-state index < -0.39 is 0 Å². The van der Waals surface area contributed by atoms with Crippen LogP contribution in [-0.2, 0) is 0 Å². The van der Waals surface area contributed by atoms with Crippen molar-refractivity contribution >= 4 is 0 Å². The Kier molecular flexibility index (Phi) is 9.54. The average molecular weight is 283 g/mol. The normalized spacial score (nSPS) is 25.1. The molecule has 0 radical (unpaired) electrons. The van der Waals surface area contributed by atoms with Crippen molar-refractivity contribution in [3.05, 3.63) is 0 Å². The van der Waals surface area contributed by atoms with E-state index >= 15 is 0 Å². The summed E-state index contributed by atoms with van der Waals surface area (Å²) >= 11 is 0. The summed E-state index contributed by atoms with van der Waals surface area (Å²) in [7, 11) is 0. The van der Waals surface area contributed by atoms with Crippen LogP contribution in [0.25, 0.3) is 0 Å². The van der Waals surface area contributed by atoms with E-state index in [-0.39, 0.29) is 0 Å². The highest BCUT2D eigenvalue weighted by molar-refractivity contribution is 4.76. The molecule has 1 atom stereocenters. The quantitative estimate of drug-likeness (QED) is 0.627. The molecule has 2 heteroatoms. The van der Waals surface area contributed by atoms with Gasteiger partial charge in [0.1, 0.15) is 0 Å². The molecule has 0 saturated heterocycles. The van der Waals surface area contributed by atoms with Crippen molar-refractivity contribution in [2.45, 2.75) is 78.7 Å². The van der Waals surface area contributed by atoms with Gasteiger partial charge in [0.05, 0.1) is 0 Å². The molecule has 0 aromatic carbocycles. The summed E-state index contributed by atoms with van der Waals surface area (Å²) in [6.45, 7) is 12.6. The van der Waals surface area contributed by atoms with Gasteiger partial charge in [-0.05, 0) is 50.6 Å². The molecule has 120 valence electrons. The zero-order chi connectivity index (χ0) is 14.8. The van der Waals surface area contributed by atoms with Gasteiger partial charge in [0.25, 0.3) is 0 Å². The molecule has 0 spiro atoms. The Morgan fingerprint density at radius 2 is 1.60 bits per heavy atom. The Hall–Kier alpha value is -0.0800. The predicted octanol–water partition coefficient (Wildman–Crippen LogP) is 4.21. The van der Waals surface area contributed by atoms with Gasteiger partial charge in [-0.2, -0.15) is 0 Å². The highest BCUT2D eigenvalue weighted by atomic mass is 15.0. The highest BCUT2D eigenvalue weighted by Crippen LogP contribution is 2.31. The first kappa shape index (κ1) is 18.0. The topological polar surface area (TPSA) is 24.1 Å². The first-order valence-corrected chi connectivity index (χ1v) is 9.05. The lowest BCUT2D eigenvalue weighted by Gasteiger charge is -2.29. The summed E-state index contributed by atoms with van der Waals surface area (Å²) in [5.74, 6) is 2.72. The molecule has 1 fully saturated rings. The van der Waals surface area contributed by atoms with Crippen LogP contribution in [0.4, 0.5) is 0 Å². The monoisotopic (exact) mass is 282 g/mol. The lowest BCUT2D eigenvalue weighted by atomic mass is 9.80. The predicted molar refractivity (Wildman–Crippen MR) is 90.1 cm³/mol. The summed E-state index contributed by atoms with van der Waals surface area (Å²) in [6.07, 6.45) is 10.1. The van der Waals surface area contributed by atoms with Gasteiger partial charge < -0.3 is 10.6 Å². The van der Waals surface area contributed by atoms with E-state index in [1.807, 2.05) is 0 Å². The van der Waals surface area contributed by atoms with Crippen LogP contribution in [-0.4, -0.2) is 25.7 Å². The molecule has 0 aromatic rings. The molecular formula is C18H38N2. The molecule has 20 heavy (non-hydrogen) atoms. The van der Waals surface area contributed by atoms with E-state index in [2.05, 4.69) is 38.3 Å². The van der Waals surface area contributed by atoms with Gasteiger partial charge in [0.15, 0.2) is 0 Å². The van der Waals surface area contributed by atoms with Crippen LogP contribution in [0.15, 0.2) is 0 Å². The van der Waals surface area contributed by atoms with Gasteiger partial charge in [-0.1, -0.05) is 52.9 Å². The highest BCUT2D eigenvalue weighted by Gasteiger charge is 2.20. The van der Waals surface area contributed by atoms with E-state index in [0.29, 0.717) is 6.04 Å². The molecule has 1 rings (SSSR count). The molecule has 2 nitrogen and oxygen atoms in total. The Morgan fingerprint density at radius 1 is 0.950 bits per heavy atom. The summed E-state index contributed by atoms with van der Waals surface area (Å²) < 4.78 is 0. The summed E-state index contributed by atoms with van der Waals surface area (Å²) in [5, 5.41) is 7.26. The minimum absolute atomic E-state index is 0.603. The van der Waals surface area contributed by atoms with Gasteiger partial charge >= 0.3 is 0 Å². The number of nitrogens with one attached hydrogen (secondary N) is 2. The zero-order valence-electron chi connectivity index (χ0n) is 14.4. The van der Waals surface area contributed by atoms with Crippen LogP contribution >= 0.6 is 0 Å². The Balaban J connectivity index is 2.02. The van der Waals surface area contributed by atoms with Crippen LogP contribution in [0.3, 0.4) is 0 Å². The molecule has 1 unspecified atom stereocenters. The van der Waals surface area contributed by atoms with Crippen LogP contribution in [0, 0.1) is 17.8 Å². The van der Waals surface area contributed by atoms with Crippen LogP contribution in [0.2, 0.25) is 0 Å². The molecule has 2 N–H and O–H groups in total. The van der Waals surface area contributed by atoms with Crippen LogP contribution in [0.5, 0.6) is 0 Å². The van der Waals surface area contributed by atoms with Crippen molar-refractivity contribution in [3.63, 3.8) is 0 Å². The Bertz CT molecular complexity index is 219. The number of rotatable bonds is 10. The maximum atomic E-state index is 3.72. The smallest absolute Gasteiger partial charge is 0.0164 e. The lowest BCUT2D eigenvalue weighted by molar-refractivity contribution is 0.248. The van der Waals surface area contributed by atoms with Gasteiger partial charge in [-0.15, -0.1) is 0 Å². The van der Waals surface area contributed by atoms with Gasteiger partial charge in [-0.3, -0.25) is 0 Å². The molecule has 0 amide bonds. The Morgan fingerprint density at radius 3 is 2.20 bits per heavy atom. The summed E-state index contributed by atoms with van der Waals surface area (Å²) in [4.78, 5) is 0. The molecular weight excluding hydrogens is 244 g/mol. The van der Waals surface area contributed by atoms with Crippen LogP contribution < -0.4 is 10.6 Å². The standard InChI is InChI=1S/C18H38N2/c1-5-6-7-17-8-10-18(11-9-17)14-20-16(4)13-19-12-15(2)3/h15-20H,5-14H2,1-4H3. The van der Waals surface area contributed by atoms with Crippen molar-refractivity contribution in [3.8, 4) is 0 Å². The molecule has 0 bridgehead atoms. The molecule has 0 heterocycles. The fourth-order valence-electron chi connectivity index (χ4n) is 3.25. The molecule has 1 aliphatic rings. The zero-order valence-corrected chi connectivity index (χ0v) is 14.4. The van der Waals surface area contributed by atoms with Crippen LogP contribution in [0.1, 0.15) is 72.6 Å². The first-order chi connectivity index (χ1) is 9.61. The molecule has 0 aromatic heterocycles. The van der Waals surface area contributed by atoms with E-state index in [4.69, 9.17) is 0 Å². The summed E-state index contributed by atoms with van der Waals surface area (Å²) in [6, 6.07) is 0.603. The van der Waals surface area contributed by atoms with Crippen molar-refractivity contribution in [1.29, 1.82) is 0 Å². The fourth-order valence-corrected chi connectivity index (χ4v) is 3.25. The SMILES string of the molecule is CCCCC1CCC(CNC(C)CNCC(C)C)CC1. The third-order valence-corrected chi connectivity index (χ3v) is 4.69. The second-order valence-electron chi connectivity index (χ2n) is 7.39. The fraction of sp³-hybridized carbons (Fsp3) is 1.00. The molecule has 1 aliphatic carbocycles. The maximum absolute atomic E-state index is 3.72. The van der Waals surface area contributed by atoms with Gasteiger partial charge in [0.2, 0.25) is 0 Å². The largest absolute Gasteiger partial charge is 0.315 e. The van der Waals surface area contributed by atoms with E-state index in [9.17, 15) is 0 Å². The minimum Gasteiger partial charge on any atom is -0.315 e. The molecule has 0 aliphatic heterocycles. The van der Waals surface area contributed by atoms with E-state index in [1.54, 1.807) is 0 Å². The summed E-state index contributed by atoms with van der Waals surface area (Å²) in [5.41, 5.74) is 0. The second kappa shape index (κ2) is 10.6. The lowest BCUT2D eigenvalue weighted by Crippen LogP contribution is -2.40. The number of hydrogen-bond acceptors (Lipinski definition) is 2. The van der Waals surface area contributed by atoms with Crippen molar-refractivity contribution in [2.24, 2.45) is 17.8 Å². The van der Waals surface area contributed by atoms with Crippen molar-refractivity contribution in [1.82, 2.24) is 10.6 Å². The van der Waals surface area contributed by atoms with Crippen molar-refractivity contribution in [2.75, 3.05) is 19.6 Å². The second-order valence-corrected chi connectivity index (χ2v) is 7.39. The first-order valence-electron chi connectivity index (χ1n) is 9.05. The number of unbranched alkanes of at least 4 members (excludes halogenated alkanes) is 1. The maximum Gasteiger partial charge on any atom is 0.0164 e.